The summed E-state index contributed by atoms with van der Waals surface area (Å²) in [4.78, 5) is 11.0. The Labute approximate surface area is 96.8 Å². The molecule has 0 fully saturated rings. The lowest BCUT2D eigenvalue weighted by molar-refractivity contribution is -0.229. The van der Waals surface area contributed by atoms with E-state index in [1.165, 1.54) is 12.5 Å². The van der Waals surface area contributed by atoms with Crippen molar-refractivity contribution in [1.29, 1.82) is 0 Å². The predicted molar refractivity (Wildman–Crippen MR) is 62.6 cm³/mol. The van der Waals surface area contributed by atoms with Crippen LogP contribution in [0.2, 0.25) is 0 Å². The SMILES string of the molecule is C=CCC(O)(OC(C)=O)C1CC=C(C)CC1. The molecule has 1 N–H and O–H groups in total. The van der Waals surface area contributed by atoms with Gasteiger partial charge >= 0.3 is 5.97 Å². The topological polar surface area (TPSA) is 46.5 Å². The van der Waals surface area contributed by atoms with Crippen LogP contribution < -0.4 is 0 Å². The van der Waals surface area contributed by atoms with Crippen LogP contribution in [0.1, 0.15) is 39.5 Å². The molecule has 1 aliphatic rings. The first-order valence-corrected chi connectivity index (χ1v) is 5.66. The summed E-state index contributed by atoms with van der Waals surface area (Å²) >= 11 is 0. The number of carbonyl (C=O) groups is 1. The number of allylic oxidation sites excluding steroid dienone is 2. The van der Waals surface area contributed by atoms with E-state index in [9.17, 15) is 9.90 Å². The summed E-state index contributed by atoms with van der Waals surface area (Å²) in [6, 6.07) is 0. The molecule has 2 atom stereocenters. The Balaban J connectivity index is 2.76. The van der Waals surface area contributed by atoms with E-state index < -0.39 is 11.8 Å². The normalized spacial score (nSPS) is 24.2. The van der Waals surface area contributed by atoms with Crippen LogP contribution in [-0.4, -0.2) is 16.9 Å². The van der Waals surface area contributed by atoms with Gasteiger partial charge in [-0.25, -0.2) is 0 Å². The molecule has 1 rings (SSSR count). The molecule has 3 nitrogen and oxygen atoms in total. The third-order valence-corrected chi connectivity index (χ3v) is 3.03. The maximum atomic E-state index is 11.0. The van der Waals surface area contributed by atoms with Gasteiger partial charge in [-0.1, -0.05) is 17.7 Å². The Kier molecular flexibility index (Phi) is 4.30. The number of hydrogen-bond donors (Lipinski definition) is 1. The fourth-order valence-corrected chi connectivity index (χ4v) is 2.12. The molecular formula is C13H20O3. The van der Waals surface area contributed by atoms with E-state index in [0.29, 0.717) is 0 Å². The summed E-state index contributed by atoms with van der Waals surface area (Å²) in [5.41, 5.74) is 1.33. The molecule has 16 heavy (non-hydrogen) atoms. The molecule has 0 heterocycles. The van der Waals surface area contributed by atoms with Gasteiger partial charge in [0.05, 0.1) is 0 Å². The van der Waals surface area contributed by atoms with E-state index in [4.69, 9.17) is 4.74 Å². The number of esters is 1. The maximum absolute atomic E-state index is 11.0. The molecule has 1 aliphatic carbocycles. The number of carbonyl (C=O) groups excluding carboxylic acids is 1. The maximum Gasteiger partial charge on any atom is 0.305 e. The van der Waals surface area contributed by atoms with Crippen molar-refractivity contribution in [2.45, 2.75) is 45.3 Å². The Bertz CT molecular complexity index is 306. The molecule has 90 valence electrons. The van der Waals surface area contributed by atoms with Crippen molar-refractivity contribution >= 4 is 5.97 Å². The van der Waals surface area contributed by atoms with Gasteiger partial charge in [0.1, 0.15) is 0 Å². The number of aliphatic hydroxyl groups is 1. The minimum Gasteiger partial charge on any atom is -0.433 e. The second-order valence-corrected chi connectivity index (χ2v) is 4.45. The largest absolute Gasteiger partial charge is 0.433 e. The van der Waals surface area contributed by atoms with Crippen LogP contribution in [0.15, 0.2) is 24.3 Å². The molecular weight excluding hydrogens is 204 g/mol. The lowest BCUT2D eigenvalue weighted by Gasteiger charge is -2.36. The van der Waals surface area contributed by atoms with Gasteiger partial charge in [0.2, 0.25) is 5.79 Å². The summed E-state index contributed by atoms with van der Waals surface area (Å²) in [7, 11) is 0. The standard InChI is InChI=1S/C13H20O3/c1-4-9-13(15,16-11(3)14)12-7-5-10(2)6-8-12/h4-5,12,15H,1,6-9H2,2-3H3. The summed E-state index contributed by atoms with van der Waals surface area (Å²) in [5.74, 6) is -1.86. The van der Waals surface area contributed by atoms with Crippen LogP contribution >= 0.6 is 0 Å². The van der Waals surface area contributed by atoms with Gasteiger partial charge < -0.3 is 9.84 Å². The van der Waals surface area contributed by atoms with Crippen LogP contribution in [0.3, 0.4) is 0 Å². The molecule has 0 aromatic carbocycles. The highest BCUT2D eigenvalue weighted by molar-refractivity contribution is 5.66. The van der Waals surface area contributed by atoms with Crippen molar-refractivity contribution < 1.29 is 14.6 Å². The average molecular weight is 224 g/mol. The van der Waals surface area contributed by atoms with Crippen molar-refractivity contribution in [2.24, 2.45) is 5.92 Å². The van der Waals surface area contributed by atoms with Crippen LogP contribution in [0.4, 0.5) is 0 Å². The molecule has 0 amide bonds. The molecule has 0 radical (unpaired) electrons. The van der Waals surface area contributed by atoms with Crippen molar-refractivity contribution in [1.82, 2.24) is 0 Å². The van der Waals surface area contributed by atoms with Crippen LogP contribution in [0.25, 0.3) is 0 Å². The molecule has 0 aromatic rings. The third-order valence-electron chi connectivity index (χ3n) is 3.03. The summed E-state index contributed by atoms with van der Waals surface area (Å²) < 4.78 is 5.07. The molecule has 0 saturated carbocycles. The first-order valence-electron chi connectivity index (χ1n) is 5.66. The summed E-state index contributed by atoms with van der Waals surface area (Å²) in [5, 5.41) is 10.3. The highest BCUT2D eigenvalue weighted by atomic mass is 16.7. The molecule has 0 aromatic heterocycles. The number of hydrogen-bond acceptors (Lipinski definition) is 3. The fraction of sp³-hybridized carbons (Fsp3) is 0.615. The Morgan fingerprint density at radius 2 is 2.50 bits per heavy atom. The second kappa shape index (κ2) is 5.30. The zero-order chi connectivity index (χ0) is 12.2. The van der Waals surface area contributed by atoms with Crippen molar-refractivity contribution in [2.75, 3.05) is 0 Å². The Morgan fingerprint density at radius 3 is 2.94 bits per heavy atom. The molecule has 3 heteroatoms. The van der Waals surface area contributed by atoms with Gasteiger partial charge in [-0.05, 0) is 26.2 Å². The Morgan fingerprint density at radius 1 is 1.81 bits per heavy atom. The summed E-state index contributed by atoms with van der Waals surface area (Å²) in [6.07, 6.45) is 6.53. The minimum atomic E-state index is -1.38. The minimum absolute atomic E-state index is 0.0295. The highest BCUT2D eigenvalue weighted by Gasteiger charge is 2.38. The molecule has 0 bridgehead atoms. The zero-order valence-corrected chi connectivity index (χ0v) is 10.0. The number of rotatable bonds is 4. The van der Waals surface area contributed by atoms with Gasteiger partial charge in [-0.15, -0.1) is 6.58 Å². The van der Waals surface area contributed by atoms with E-state index in [1.807, 2.05) is 0 Å². The third kappa shape index (κ3) is 3.20. The highest BCUT2D eigenvalue weighted by Crippen LogP contribution is 2.35. The molecule has 0 spiro atoms. The molecule has 2 unspecified atom stereocenters. The van der Waals surface area contributed by atoms with E-state index in [1.54, 1.807) is 6.08 Å². The van der Waals surface area contributed by atoms with Crippen molar-refractivity contribution in [3.63, 3.8) is 0 Å². The summed E-state index contributed by atoms with van der Waals surface area (Å²) in [6.45, 7) is 6.99. The molecule has 0 aliphatic heterocycles. The first kappa shape index (κ1) is 13.0. The lowest BCUT2D eigenvalue weighted by Crippen LogP contribution is -2.42. The van der Waals surface area contributed by atoms with Gasteiger partial charge in [0, 0.05) is 19.3 Å². The van der Waals surface area contributed by atoms with E-state index in [0.717, 1.165) is 19.3 Å². The van der Waals surface area contributed by atoms with E-state index in [-0.39, 0.29) is 12.3 Å². The van der Waals surface area contributed by atoms with Gasteiger partial charge in [0.25, 0.3) is 0 Å². The van der Waals surface area contributed by atoms with Crippen LogP contribution in [-0.2, 0) is 9.53 Å². The van der Waals surface area contributed by atoms with Crippen molar-refractivity contribution in [3.05, 3.63) is 24.3 Å². The Hall–Kier alpha value is -1.09. The quantitative estimate of drug-likeness (QED) is 0.453. The fourth-order valence-electron chi connectivity index (χ4n) is 2.12. The van der Waals surface area contributed by atoms with Crippen LogP contribution in [0, 0.1) is 5.92 Å². The van der Waals surface area contributed by atoms with Crippen LogP contribution in [0.5, 0.6) is 0 Å². The average Bonchev–Trinajstić information content (AvgIpc) is 2.17. The van der Waals surface area contributed by atoms with Gasteiger partial charge in [0.15, 0.2) is 0 Å². The predicted octanol–water partition coefficient (Wildman–Crippen LogP) is 2.56. The smallest absolute Gasteiger partial charge is 0.305 e. The van der Waals surface area contributed by atoms with E-state index in [2.05, 4.69) is 19.6 Å². The van der Waals surface area contributed by atoms with Crippen molar-refractivity contribution in [3.8, 4) is 0 Å². The monoisotopic (exact) mass is 224 g/mol. The van der Waals surface area contributed by atoms with E-state index >= 15 is 0 Å². The molecule has 0 saturated heterocycles. The lowest BCUT2D eigenvalue weighted by atomic mass is 9.82. The van der Waals surface area contributed by atoms with Gasteiger partial charge in [-0.2, -0.15) is 0 Å². The zero-order valence-electron chi connectivity index (χ0n) is 10.0. The number of ether oxygens (including phenoxy) is 1. The van der Waals surface area contributed by atoms with Gasteiger partial charge in [-0.3, -0.25) is 4.79 Å². The second-order valence-electron chi connectivity index (χ2n) is 4.45. The first-order chi connectivity index (χ1) is 7.48.